The van der Waals surface area contributed by atoms with Gasteiger partial charge < -0.3 is 19.7 Å². The fourth-order valence-electron chi connectivity index (χ4n) is 3.98. The molecule has 0 fully saturated rings. The third-order valence-corrected chi connectivity index (χ3v) is 6.20. The zero-order valence-electron chi connectivity index (χ0n) is 25.6. The molecule has 1 aliphatic rings. The van der Waals surface area contributed by atoms with Crippen molar-refractivity contribution in [2.24, 2.45) is 0 Å². The van der Waals surface area contributed by atoms with Gasteiger partial charge in [0.15, 0.2) is 0 Å². The maximum Gasteiger partial charge on any atom is 0.407 e. The highest BCUT2D eigenvalue weighted by atomic mass is 79.9. The molecule has 35 heavy (non-hydrogen) atoms. The number of nitrogens with one attached hydrogen (secondary N) is 1. The summed E-state index contributed by atoms with van der Waals surface area (Å²) in [6, 6.07) is 21.7. The van der Waals surface area contributed by atoms with Crippen LogP contribution in [0.5, 0.6) is 0 Å². The van der Waals surface area contributed by atoms with Crippen LogP contribution in [0.4, 0.5) is 10.5 Å². The van der Waals surface area contributed by atoms with E-state index in [2.05, 4.69) is 21.2 Å². The number of halogens is 1. The number of rotatable bonds is 11. The molecule has 0 aliphatic carbocycles. The molecule has 5 nitrogen and oxygen atoms in total. The Morgan fingerprint density at radius 2 is 1.74 bits per heavy atom. The third-order valence-electron chi connectivity index (χ3n) is 5.59. The molecule has 0 saturated heterocycles. The molecule has 1 amide bonds. The van der Waals surface area contributed by atoms with Gasteiger partial charge in [0.25, 0.3) is 0 Å². The van der Waals surface area contributed by atoms with Gasteiger partial charge in [-0.2, -0.15) is 0 Å². The van der Waals surface area contributed by atoms with E-state index in [1.807, 2.05) is 55.5 Å². The van der Waals surface area contributed by atoms with Crippen LogP contribution < -0.4 is 10.2 Å². The number of hydrogen-bond acceptors (Lipinski definition) is 4. The number of carbonyl (C=O) groups excluding carboxylic acids is 1. The lowest BCUT2D eigenvalue weighted by molar-refractivity contribution is 0.119. The van der Waals surface area contributed by atoms with E-state index in [-0.39, 0.29) is 25.8 Å². The molecule has 3 aromatic carbocycles. The van der Waals surface area contributed by atoms with Crippen LogP contribution in [0.15, 0.2) is 77.3 Å². The highest BCUT2D eigenvalue weighted by Gasteiger charge is 2.23. The second kappa shape index (κ2) is 12.8. The quantitative estimate of drug-likeness (QED) is 0.310. The molecular formula is C29H33BrN2O3. The first-order valence-corrected chi connectivity index (χ1v) is 12.3. The number of amides is 1. The smallest absolute Gasteiger partial charge is 0.407 e. The van der Waals surface area contributed by atoms with Crippen molar-refractivity contribution in [1.29, 1.82) is 0 Å². The van der Waals surface area contributed by atoms with Crippen LogP contribution in [0, 0.1) is 0 Å². The Morgan fingerprint density at radius 3 is 2.46 bits per heavy atom. The van der Waals surface area contributed by atoms with Crippen LogP contribution in [0.2, 0.25) is 0 Å². The topological polar surface area (TPSA) is 50.8 Å². The predicted octanol–water partition coefficient (Wildman–Crippen LogP) is 6.28. The Morgan fingerprint density at radius 1 is 1.06 bits per heavy atom. The zero-order valence-corrected chi connectivity index (χ0v) is 21.2. The molecule has 0 radical (unpaired) electrons. The minimum absolute atomic E-state index is 0.165. The van der Waals surface area contributed by atoms with Crippen molar-refractivity contribution in [2.75, 3.05) is 24.5 Å². The summed E-state index contributed by atoms with van der Waals surface area (Å²) in [4.78, 5) is 13.5. The van der Waals surface area contributed by atoms with Crippen molar-refractivity contribution in [2.45, 2.75) is 45.4 Å². The summed E-state index contributed by atoms with van der Waals surface area (Å²) in [7, 11) is 0. The lowest BCUT2D eigenvalue weighted by atomic mass is 10.0. The maximum atomic E-state index is 12.3. The molecule has 6 heteroatoms. The molecule has 184 valence electrons. The van der Waals surface area contributed by atoms with Crippen molar-refractivity contribution in [3.63, 3.8) is 0 Å². The molecule has 0 aromatic heterocycles. The molecule has 1 atom stereocenters. The number of anilines is 1. The van der Waals surface area contributed by atoms with Gasteiger partial charge in [-0.3, -0.25) is 0 Å². The Balaban J connectivity index is 1.42. The second-order valence-corrected chi connectivity index (χ2v) is 9.27. The van der Waals surface area contributed by atoms with E-state index in [1.54, 1.807) is 24.3 Å². The Labute approximate surface area is 225 Å². The number of hydrogen-bond donors (Lipinski definition) is 1. The fourth-order valence-corrected chi connectivity index (χ4v) is 4.74. The van der Waals surface area contributed by atoms with Crippen LogP contribution in [-0.2, 0) is 35.5 Å². The monoisotopic (exact) mass is 542 g/mol. The third kappa shape index (κ3) is 7.58. The van der Waals surface area contributed by atoms with Crippen molar-refractivity contribution >= 4 is 27.7 Å². The number of alkyl carbamates (subject to hydrolysis) is 1. The van der Waals surface area contributed by atoms with E-state index in [0.717, 1.165) is 16.7 Å². The molecular weight excluding hydrogens is 504 g/mol. The van der Waals surface area contributed by atoms with Crippen molar-refractivity contribution < 1.29 is 22.5 Å². The first-order chi connectivity index (χ1) is 19.3. The number of carbonyl (C=O) groups is 1. The van der Waals surface area contributed by atoms with E-state index in [1.165, 1.54) is 4.90 Å². The predicted molar refractivity (Wildman–Crippen MR) is 144 cm³/mol. The molecule has 4 rings (SSSR count). The van der Waals surface area contributed by atoms with Gasteiger partial charge >= 0.3 is 6.09 Å². The second-order valence-electron chi connectivity index (χ2n) is 8.41. The van der Waals surface area contributed by atoms with Crippen molar-refractivity contribution in [3.05, 3.63) is 99.5 Å². The van der Waals surface area contributed by atoms with E-state index >= 15 is 0 Å². The number of ether oxygens (including phenoxy) is 2. The molecule has 3 aromatic rings. The zero-order chi connectivity index (χ0) is 29.8. The molecule has 1 heterocycles. The van der Waals surface area contributed by atoms with Gasteiger partial charge in [0.05, 0.1) is 15.0 Å². The summed E-state index contributed by atoms with van der Waals surface area (Å²) >= 11 is 3.53. The molecule has 0 saturated carbocycles. The SMILES string of the molecule is [2H]C([2H])(OCc1ccccc1)C([2H])([2H])C([2H])([2H])N1CCc2cc(C[C@H](C)NC(=O)OCc3ccccc3)cc(Br)c21. The number of nitrogens with zero attached hydrogens (tertiary/aromatic N) is 1. The summed E-state index contributed by atoms with van der Waals surface area (Å²) in [5.74, 6) is 0. The van der Waals surface area contributed by atoms with Gasteiger partial charge in [-0.1, -0.05) is 66.7 Å². The Bertz CT molecular complexity index is 1350. The minimum Gasteiger partial charge on any atom is -0.445 e. The molecule has 1 aliphatic heterocycles. The summed E-state index contributed by atoms with van der Waals surface area (Å²) in [6.45, 7) is -3.65. The fraction of sp³-hybridized carbons (Fsp3) is 0.345. The van der Waals surface area contributed by atoms with E-state index in [9.17, 15) is 4.79 Å². The molecule has 1 N–H and O–H groups in total. The van der Waals surface area contributed by atoms with E-state index in [0.29, 0.717) is 28.6 Å². The van der Waals surface area contributed by atoms with Crippen molar-refractivity contribution in [3.8, 4) is 0 Å². The first kappa shape index (κ1) is 18.4. The highest BCUT2D eigenvalue weighted by molar-refractivity contribution is 9.10. The summed E-state index contributed by atoms with van der Waals surface area (Å²) in [6.07, 6.45) is -2.60. The number of benzene rings is 3. The Hall–Kier alpha value is -2.83. The lowest BCUT2D eigenvalue weighted by Crippen LogP contribution is -2.34. The molecule has 0 bridgehead atoms. The van der Waals surface area contributed by atoms with Crippen LogP contribution in [0.25, 0.3) is 0 Å². The van der Waals surface area contributed by atoms with Gasteiger partial charge in [-0.15, -0.1) is 0 Å². The summed E-state index contributed by atoms with van der Waals surface area (Å²) in [5, 5.41) is 2.83. The van der Waals surface area contributed by atoms with Crippen LogP contribution in [0.3, 0.4) is 0 Å². The summed E-state index contributed by atoms with van der Waals surface area (Å²) in [5.41, 5.74) is 3.73. The standard InChI is InChI=1S/C29H33BrN2O3/c1-22(31-29(33)35-21-24-11-6-3-7-12-24)17-25-18-26-13-15-32(28(26)27(30)19-25)14-8-16-34-20-23-9-4-2-5-10-23/h2-7,9-12,18-19,22H,8,13-17,20-21H2,1H3,(H,31,33)/t22-/m0/s1/i8D2,14D2,16D2. The average Bonchev–Trinajstić information content (AvgIpc) is 3.37. The van der Waals surface area contributed by atoms with Gasteiger partial charge in [-0.05, 0) is 70.4 Å². The van der Waals surface area contributed by atoms with Crippen molar-refractivity contribution in [1.82, 2.24) is 5.32 Å². The van der Waals surface area contributed by atoms with Gasteiger partial charge in [-0.25, -0.2) is 4.79 Å². The average molecular weight is 544 g/mol. The summed E-state index contributed by atoms with van der Waals surface area (Å²) < 4.78 is 62.4. The van der Waals surface area contributed by atoms with Gasteiger partial charge in [0.2, 0.25) is 0 Å². The van der Waals surface area contributed by atoms with Gasteiger partial charge in [0, 0.05) is 35.6 Å². The lowest BCUT2D eigenvalue weighted by Gasteiger charge is -2.21. The van der Waals surface area contributed by atoms with Crippen LogP contribution in [0.1, 0.15) is 43.8 Å². The largest absolute Gasteiger partial charge is 0.445 e. The maximum absolute atomic E-state index is 12.3. The van der Waals surface area contributed by atoms with E-state index in [4.69, 9.17) is 17.7 Å². The minimum atomic E-state index is -3.02. The van der Waals surface area contributed by atoms with Gasteiger partial charge in [0.1, 0.15) is 6.61 Å². The first-order valence-electron chi connectivity index (χ1n) is 14.6. The molecule has 0 spiro atoms. The Kier molecular flexibility index (Phi) is 6.72. The van der Waals surface area contributed by atoms with Crippen LogP contribution in [-0.4, -0.2) is 31.7 Å². The normalized spacial score (nSPS) is 17.1. The number of fused-ring (bicyclic) bond motifs is 1. The van der Waals surface area contributed by atoms with Crippen LogP contribution >= 0.6 is 15.9 Å². The molecule has 0 unspecified atom stereocenters. The highest BCUT2D eigenvalue weighted by Crippen LogP contribution is 2.37. The van der Waals surface area contributed by atoms with E-state index < -0.39 is 25.5 Å².